The number of hydrogen-bond acceptors (Lipinski definition) is 33. The zero-order valence-corrected chi connectivity index (χ0v) is 56.7. The Morgan fingerprint density at radius 2 is 0.796 bits per heavy atom. The molecule has 0 aromatic heterocycles. The standard InChI is InChI=1S/C8H14O3.C8H16O2.2C7H13NO3.C5H12O3.3C5H8O3.C5H8O2.C2N2O2.C2H7NO.H2O/c1-7(4-3-5-9)6-8(10)11-2;9-5-7-1-2-8(6-10)4-3-7;2*1-6(8-3-4-9)5-7(10)11-2;1-5(2-6,3-7)4-8;3*1-4(6)3-5(7)8-2;1-4(6)3-5(2)7;3-1-6-4-2-5;3-1-2-4;/h6,9H,3-5H2,1-2H3;7-10H,1-6H2;2*5,8-9H,3-4H2,1-2H3;6-8H,2-4H2,1H3;3*3H2,1-2H3;3H2,1-2H3;;4H,1-3H2;1H2/b7-6-;;2*6-5-;;;;;;;;. The van der Waals surface area contributed by atoms with Crippen molar-refractivity contribution in [1.82, 2.24) is 10.6 Å². The fourth-order valence-corrected chi connectivity index (χ4v) is 4.73. The van der Waals surface area contributed by atoms with E-state index in [-0.39, 0.29) is 112 Å². The van der Waals surface area contributed by atoms with Gasteiger partial charge < -0.3 is 96.2 Å². The van der Waals surface area contributed by atoms with Gasteiger partial charge in [-0.3, -0.25) is 43.2 Å². The summed E-state index contributed by atoms with van der Waals surface area (Å²) in [5.74, 6) is -2.15. The lowest BCUT2D eigenvalue weighted by Gasteiger charge is -2.25. The minimum absolute atomic E-state index is 0. The highest BCUT2D eigenvalue weighted by Gasteiger charge is 2.20. The fourth-order valence-electron chi connectivity index (χ4n) is 4.73. The smallest absolute Gasteiger partial charge is 0.332 e. The van der Waals surface area contributed by atoms with Crippen LogP contribution in [0, 0.1) is 28.8 Å². The van der Waals surface area contributed by atoms with E-state index in [2.05, 4.69) is 49.0 Å². The third-order valence-electron chi connectivity index (χ3n) is 9.64. The molecule has 0 radical (unpaired) electrons. The number of hydrogen-bond donors (Lipinski definition) is 12. The van der Waals surface area contributed by atoms with Gasteiger partial charge in [-0.1, -0.05) is 12.5 Å². The Bertz CT molecular complexity index is 1940. The summed E-state index contributed by atoms with van der Waals surface area (Å²) >= 11 is 0. The molecular weight excluding hydrogens is 1240 g/mol. The third kappa shape index (κ3) is 112. The Labute approximate surface area is 545 Å². The van der Waals surface area contributed by atoms with E-state index in [1.165, 1.54) is 95.5 Å². The number of nitrogens with two attached hydrogens (primary N) is 1. The zero-order valence-electron chi connectivity index (χ0n) is 56.7. The number of Topliss-reactive ketones (excluding diaryl/α,β-unsaturated/α-hetero) is 5. The molecule has 0 heterocycles. The molecule has 1 fully saturated rings. The molecule has 1 saturated carbocycles. The Kier molecular flexibility index (Phi) is 99.4. The minimum atomic E-state index is -0.708. The van der Waals surface area contributed by atoms with Gasteiger partial charge >= 0.3 is 42.1 Å². The van der Waals surface area contributed by atoms with Crippen molar-refractivity contribution in [2.45, 2.75) is 127 Å². The van der Waals surface area contributed by atoms with Crippen LogP contribution in [0.25, 0.3) is 0 Å². The van der Waals surface area contributed by atoms with Crippen molar-refractivity contribution in [3.8, 4) is 6.26 Å². The Morgan fingerprint density at radius 3 is 0.946 bits per heavy atom. The number of nitrogens with zero attached hydrogens (tertiary/aromatic N) is 2. The van der Waals surface area contributed by atoms with Crippen LogP contribution in [0.2, 0.25) is 0 Å². The van der Waals surface area contributed by atoms with Gasteiger partial charge in [-0.05, 0) is 106 Å². The number of allylic oxidation sites excluding steroid dienone is 3. The largest absolute Gasteiger partial charge is 0.469 e. The van der Waals surface area contributed by atoms with Crippen LogP contribution in [0.4, 0.5) is 0 Å². The van der Waals surface area contributed by atoms with Gasteiger partial charge in [-0.2, -0.15) is 0 Å². The predicted molar refractivity (Wildman–Crippen MR) is 335 cm³/mol. The van der Waals surface area contributed by atoms with Crippen molar-refractivity contribution < 1.29 is 142 Å². The summed E-state index contributed by atoms with van der Waals surface area (Å²) in [7, 11) is 7.75. The van der Waals surface area contributed by atoms with Crippen molar-refractivity contribution in [1.29, 1.82) is 5.26 Å². The molecule has 1 aliphatic carbocycles. The molecule has 0 aromatic carbocycles. The first kappa shape index (κ1) is 110. The number of esters is 6. The van der Waals surface area contributed by atoms with Gasteiger partial charge in [0.2, 0.25) is 0 Å². The van der Waals surface area contributed by atoms with Crippen molar-refractivity contribution in [2.75, 3.05) is 122 Å². The Morgan fingerprint density at radius 1 is 0.505 bits per heavy atom. The number of rotatable bonds is 27. The number of isocyanates is 1. The number of nitriles is 1. The van der Waals surface area contributed by atoms with Crippen LogP contribution in [0.3, 0.4) is 0 Å². The highest BCUT2D eigenvalue weighted by molar-refractivity contribution is 5.97. The molecular formula is C59H109N5O29. The number of nitrogens with one attached hydrogen (secondary N) is 2. The lowest BCUT2D eigenvalue weighted by Crippen LogP contribution is -2.29. The van der Waals surface area contributed by atoms with E-state index in [0.29, 0.717) is 62.5 Å². The molecule has 0 unspecified atom stereocenters. The molecule has 0 bridgehead atoms. The highest BCUT2D eigenvalue weighted by Crippen LogP contribution is 2.27. The van der Waals surface area contributed by atoms with Gasteiger partial charge in [0.1, 0.15) is 48.2 Å². The maximum atomic E-state index is 10.6. The predicted octanol–water partition coefficient (Wildman–Crippen LogP) is -1.27. The average molecular weight is 1350 g/mol. The zero-order chi connectivity index (χ0) is 73.9. The molecule has 0 aliphatic heterocycles. The van der Waals surface area contributed by atoms with Gasteiger partial charge in [0, 0.05) is 79.6 Å². The van der Waals surface area contributed by atoms with Crippen LogP contribution in [0.5, 0.6) is 0 Å². The summed E-state index contributed by atoms with van der Waals surface area (Å²) in [6, 6.07) is 0. The van der Waals surface area contributed by atoms with E-state index >= 15 is 0 Å². The van der Waals surface area contributed by atoms with Gasteiger partial charge in [-0.15, -0.1) is 5.26 Å². The molecule has 93 heavy (non-hydrogen) atoms. The first-order valence-electron chi connectivity index (χ1n) is 27.8. The third-order valence-corrected chi connectivity index (χ3v) is 9.64. The first-order chi connectivity index (χ1) is 43.1. The maximum Gasteiger partial charge on any atom is 0.332 e. The highest BCUT2D eigenvalue weighted by atomic mass is 16.6. The second kappa shape index (κ2) is 84.2. The van der Waals surface area contributed by atoms with Crippen LogP contribution in [0.1, 0.15) is 127 Å². The van der Waals surface area contributed by atoms with Crippen LogP contribution in [-0.4, -0.2) is 244 Å². The lowest BCUT2D eigenvalue weighted by molar-refractivity contribution is -0.144. The molecule has 544 valence electrons. The second-order valence-corrected chi connectivity index (χ2v) is 18.7. The number of aliphatic hydroxyl groups is 9. The maximum absolute atomic E-state index is 10.6. The van der Waals surface area contributed by atoms with E-state index in [1.807, 2.05) is 6.92 Å². The molecule has 0 saturated heterocycles. The first-order valence-corrected chi connectivity index (χ1v) is 27.8. The van der Waals surface area contributed by atoms with E-state index in [0.717, 1.165) is 50.0 Å². The van der Waals surface area contributed by atoms with Crippen molar-refractivity contribution in [2.24, 2.45) is 28.1 Å². The molecule has 1 aliphatic rings. The fraction of sp³-hybridized carbons (Fsp3) is 0.678. The van der Waals surface area contributed by atoms with Crippen LogP contribution in [0.15, 0.2) is 40.4 Å². The van der Waals surface area contributed by atoms with Crippen molar-refractivity contribution in [3.05, 3.63) is 35.2 Å². The Hall–Kier alpha value is -7.78. The molecule has 0 aromatic rings. The van der Waals surface area contributed by atoms with E-state index < -0.39 is 35.3 Å². The van der Waals surface area contributed by atoms with Crippen molar-refractivity contribution in [3.63, 3.8) is 0 Å². The molecule has 1 rings (SSSR count). The SMILES string of the molecule is CC(=O)CC(C)=O.CC(CO)(CO)CO.COC(=O)/C=C(/C)CCCO.COC(=O)/C=C(/C)NCCO.COC(=O)/C=C(/C)NCCO.COC(=O)CC(C)=O.COC(=O)CC(C)=O.COC(=O)CC(C)=O.N#CON=C=O.NCCO.O.OCC1CCC(CO)CC1. The number of ketones is 5. The number of carbonyl (C=O) groups excluding carboxylic acids is 12. The molecule has 0 spiro atoms. The van der Waals surface area contributed by atoms with Gasteiger partial charge in [0.15, 0.2) is 0 Å². The van der Waals surface area contributed by atoms with Gasteiger partial charge in [0.05, 0.1) is 88.7 Å². The number of ether oxygens (including phenoxy) is 6. The summed E-state index contributed by atoms with van der Waals surface area (Å²) < 4.78 is 25.8. The minimum Gasteiger partial charge on any atom is -0.469 e. The van der Waals surface area contributed by atoms with Gasteiger partial charge in [0.25, 0.3) is 6.08 Å². The number of carbonyl (C=O) groups is 11. The quantitative estimate of drug-likeness (QED) is 0.00667. The molecule has 0 amide bonds. The normalized spacial score (nSPS) is 12.0. The second-order valence-electron chi connectivity index (χ2n) is 18.7. The number of methoxy groups -OCH3 is 6. The van der Waals surface area contributed by atoms with E-state index in [4.69, 9.17) is 61.7 Å². The van der Waals surface area contributed by atoms with E-state index in [9.17, 15) is 52.7 Å². The average Bonchev–Trinajstić information content (AvgIpc) is 2.09. The monoisotopic (exact) mass is 1350 g/mol. The van der Waals surface area contributed by atoms with Gasteiger partial charge in [-0.25, -0.2) is 19.2 Å². The number of aliphatic hydroxyl groups excluding tert-OH is 9. The summed E-state index contributed by atoms with van der Waals surface area (Å²) in [4.78, 5) is 125. The summed E-state index contributed by atoms with van der Waals surface area (Å²) in [6.07, 6.45) is 11.8. The van der Waals surface area contributed by atoms with Crippen LogP contribution in [-0.2, 0) is 90.8 Å². The Balaban J connectivity index is -0.0000000890. The van der Waals surface area contributed by atoms with Crippen LogP contribution >= 0.6 is 0 Å². The van der Waals surface area contributed by atoms with Crippen molar-refractivity contribution >= 4 is 70.8 Å². The topological polar surface area (TPSA) is 569 Å². The molecule has 34 nitrogen and oxygen atoms in total. The molecule has 0 atom stereocenters. The van der Waals surface area contributed by atoms with E-state index in [1.54, 1.807) is 20.8 Å². The lowest BCUT2D eigenvalue weighted by atomic mass is 9.83. The molecule has 34 heteroatoms. The van der Waals surface area contributed by atoms with Crippen LogP contribution < -0.4 is 16.4 Å². The summed E-state index contributed by atoms with van der Waals surface area (Å²) in [5, 5.41) is 91.5. The molecule has 15 N–H and O–H groups in total. The summed E-state index contributed by atoms with van der Waals surface area (Å²) in [6.45, 7) is 15.5. The summed E-state index contributed by atoms with van der Waals surface area (Å²) in [5.41, 5.74) is 6.38.